The molecule has 1 N–H and O–H groups in total. The first-order valence-corrected chi connectivity index (χ1v) is 4.47. The summed E-state index contributed by atoms with van der Waals surface area (Å²) < 4.78 is 5.15. The van der Waals surface area contributed by atoms with Crippen LogP contribution in [0.15, 0.2) is 0 Å². The fourth-order valence-corrected chi connectivity index (χ4v) is 0.708. The lowest BCUT2D eigenvalue weighted by Crippen LogP contribution is -2.39. The van der Waals surface area contributed by atoms with Crippen LogP contribution in [-0.2, 0) is 9.53 Å². The number of carbonyl (C=O) groups excluding carboxylic acids is 1. The largest absolute Gasteiger partial charge is 0.394 e. The van der Waals surface area contributed by atoms with Crippen LogP contribution in [0.3, 0.4) is 0 Å². The van der Waals surface area contributed by atoms with Crippen LogP contribution in [0.25, 0.3) is 0 Å². The topological polar surface area (TPSA) is 49.8 Å². The summed E-state index contributed by atoms with van der Waals surface area (Å²) in [6.07, 6.45) is 0.0572. The molecule has 0 radical (unpaired) electrons. The van der Waals surface area contributed by atoms with Crippen molar-refractivity contribution in [3.63, 3.8) is 0 Å². The predicted octanol–water partition coefficient (Wildman–Crippen LogP) is 0.251. The highest BCUT2D eigenvalue weighted by atomic mass is 16.5. The zero-order valence-electron chi connectivity index (χ0n) is 8.78. The molecule has 1 atom stereocenters. The van der Waals surface area contributed by atoms with E-state index < -0.39 is 0 Å². The quantitative estimate of drug-likeness (QED) is 0.674. The lowest BCUT2D eigenvalue weighted by atomic mass is 10.3. The standard InChI is InChI=1S/C9H19NO3/c1-7(2)13-6-9(12)10(4)8(3)5-11/h7-8,11H,5-6H2,1-4H3. The third-order valence-electron chi connectivity index (χ3n) is 1.86. The minimum Gasteiger partial charge on any atom is -0.394 e. The Kier molecular flexibility index (Phi) is 5.66. The van der Waals surface area contributed by atoms with E-state index >= 15 is 0 Å². The number of nitrogens with zero attached hydrogens (tertiary/aromatic N) is 1. The van der Waals surface area contributed by atoms with Gasteiger partial charge < -0.3 is 14.7 Å². The predicted molar refractivity (Wildman–Crippen MR) is 50.4 cm³/mol. The van der Waals surface area contributed by atoms with Gasteiger partial charge in [-0.15, -0.1) is 0 Å². The van der Waals surface area contributed by atoms with Crippen LogP contribution >= 0.6 is 0 Å². The Morgan fingerprint density at radius 3 is 2.38 bits per heavy atom. The van der Waals surface area contributed by atoms with Gasteiger partial charge in [0.25, 0.3) is 0 Å². The lowest BCUT2D eigenvalue weighted by molar-refractivity contribution is -0.138. The number of amides is 1. The van der Waals surface area contributed by atoms with Crippen molar-refractivity contribution in [3.8, 4) is 0 Å². The molecule has 0 aliphatic rings. The van der Waals surface area contributed by atoms with Crippen LogP contribution in [-0.4, -0.2) is 48.3 Å². The molecule has 0 aromatic carbocycles. The molecule has 0 spiro atoms. The molecule has 0 heterocycles. The summed E-state index contributed by atoms with van der Waals surface area (Å²) >= 11 is 0. The maximum absolute atomic E-state index is 11.3. The molecule has 78 valence electrons. The van der Waals surface area contributed by atoms with Crippen LogP contribution in [0.4, 0.5) is 0 Å². The van der Waals surface area contributed by atoms with Gasteiger partial charge in [0.1, 0.15) is 6.61 Å². The number of aliphatic hydroxyl groups is 1. The second-order valence-corrected chi connectivity index (χ2v) is 3.40. The van der Waals surface area contributed by atoms with Gasteiger partial charge in [-0.1, -0.05) is 0 Å². The summed E-state index contributed by atoms with van der Waals surface area (Å²) in [4.78, 5) is 12.8. The Balaban J connectivity index is 3.82. The number of likely N-dealkylation sites (N-methyl/N-ethyl adjacent to an activating group) is 1. The lowest BCUT2D eigenvalue weighted by Gasteiger charge is -2.23. The van der Waals surface area contributed by atoms with Crippen molar-refractivity contribution in [3.05, 3.63) is 0 Å². The van der Waals surface area contributed by atoms with Gasteiger partial charge in [-0.2, -0.15) is 0 Å². The third-order valence-corrected chi connectivity index (χ3v) is 1.86. The van der Waals surface area contributed by atoms with E-state index in [4.69, 9.17) is 9.84 Å². The Morgan fingerprint density at radius 1 is 1.46 bits per heavy atom. The molecular formula is C9H19NO3. The molecule has 0 fully saturated rings. The minimum atomic E-state index is -0.150. The smallest absolute Gasteiger partial charge is 0.248 e. The molecule has 4 heteroatoms. The first-order valence-electron chi connectivity index (χ1n) is 4.47. The van der Waals surface area contributed by atoms with E-state index in [1.54, 1.807) is 14.0 Å². The molecule has 0 aliphatic heterocycles. The Hall–Kier alpha value is -0.610. The highest BCUT2D eigenvalue weighted by molar-refractivity contribution is 5.77. The molecule has 1 unspecified atom stereocenters. The zero-order valence-corrected chi connectivity index (χ0v) is 8.78. The minimum absolute atomic E-state index is 0.0239. The molecule has 4 nitrogen and oxygen atoms in total. The SMILES string of the molecule is CC(C)OCC(=O)N(C)C(C)CO. The summed E-state index contributed by atoms with van der Waals surface area (Å²) in [5.41, 5.74) is 0. The van der Waals surface area contributed by atoms with E-state index in [0.717, 1.165) is 0 Å². The van der Waals surface area contributed by atoms with E-state index in [1.165, 1.54) is 4.90 Å². The van der Waals surface area contributed by atoms with Crippen LogP contribution in [0.1, 0.15) is 20.8 Å². The molecule has 0 saturated carbocycles. The highest BCUT2D eigenvalue weighted by Gasteiger charge is 2.14. The number of carbonyl (C=O) groups is 1. The number of hydrogen-bond acceptors (Lipinski definition) is 3. The molecule has 0 rings (SSSR count). The van der Waals surface area contributed by atoms with Crippen molar-refractivity contribution in [1.82, 2.24) is 4.90 Å². The first kappa shape index (κ1) is 12.4. The van der Waals surface area contributed by atoms with Crippen molar-refractivity contribution < 1.29 is 14.6 Å². The molecule has 0 bridgehead atoms. The number of ether oxygens (including phenoxy) is 1. The highest BCUT2D eigenvalue weighted by Crippen LogP contribution is 1.97. The molecule has 0 aliphatic carbocycles. The fourth-order valence-electron chi connectivity index (χ4n) is 0.708. The van der Waals surface area contributed by atoms with Gasteiger partial charge in [-0.3, -0.25) is 4.79 Å². The van der Waals surface area contributed by atoms with E-state index in [0.29, 0.717) is 0 Å². The molecule has 0 aromatic heterocycles. The van der Waals surface area contributed by atoms with Gasteiger partial charge in [0, 0.05) is 7.05 Å². The van der Waals surface area contributed by atoms with Crippen LogP contribution < -0.4 is 0 Å². The number of rotatable bonds is 5. The van der Waals surface area contributed by atoms with Gasteiger partial charge in [0.2, 0.25) is 5.91 Å². The van der Waals surface area contributed by atoms with Crippen LogP contribution in [0, 0.1) is 0 Å². The van der Waals surface area contributed by atoms with E-state index in [-0.39, 0.29) is 31.3 Å². The summed E-state index contributed by atoms with van der Waals surface area (Å²) in [6, 6.07) is -0.150. The Bertz CT molecular complexity index is 159. The average Bonchev–Trinajstić information content (AvgIpc) is 2.11. The monoisotopic (exact) mass is 189 g/mol. The first-order chi connectivity index (χ1) is 5.99. The van der Waals surface area contributed by atoms with Gasteiger partial charge in [-0.25, -0.2) is 0 Å². The third kappa shape index (κ3) is 4.85. The molecule has 1 amide bonds. The van der Waals surface area contributed by atoms with Crippen molar-refractivity contribution in [2.75, 3.05) is 20.3 Å². The summed E-state index contributed by atoms with van der Waals surface area (Å²) in [6.45, 7) is 5.60. The molecule has 13 heavy (non-hydrogen) atoms. The molecule has 0 aromatic rings. The Morgan fingerprint density at radius 2 is 2.00 bits per heavy atom. The van der Waals surface area contributed by atoms with E-state index in [9.17, 15) is 4.79 Å². The maximum Gasteiger partial charge on any atom is 0.248 e. The second-order valence-electron chi connectivity index (χ2n) is 3.40. The van der Waals surface area contributed by atoms with Crippen molar-refractivity contribution in [2.24, 2.45) is 0 Å². The number of aliphatic hydroxyl groups excluding tert-OH is 1. The van der Waals surface area contributed by atoms with Gasteiger partial charge in [-0.05, 0) is 20.8 Å². The van der Waals surface area contributed by atoms with E-state index in [1.807, 2.05) is 13.8 Å². The van der Waals surface area contributed by atoms with Crippen LogP contribution in [0.2, 0.25) is 0 Å². The maximum atomic E-state index is 11.3. The van der Waals surface area contributed by atoms with Crippen molar-refractivity contribution >= 4 is 5.91 Å². The molecule has 0 saturated heterocycles. The average molecular weight is 189 g/mol. The fraction of sp³-hybridized carbons (Fsp3) is 0.889. The Labute approximate surface area is 79.5 Å². The summed E-state index contributed by atoms with van der Waals surface area (Å²) in [7, 11) is 1.66. The number of hydrogen-bond donors (Lipinski definition) is 1. The van der Waals surface area contributed by atoms with Gasteiger partial charge >= 0.3 is 0 Å². The normalized spacial score (nSPS) is 13.1. The molecular weight excluding hydrogens is 170 g/mol. The van der Waals surface area contributed by atoms with Crippen molar-refractivity contribution in [1.29, 1.82) is 0 Å². The van der Waals surface area contributed by atoms with Gasteiger partial charge in [0.15, 0.2) is 0 Å². The summed E-state index contributed by atoms with van der Waals surface area (Å²) in [5, 5.41) is 8.80. The van der Waals surface area contributed by atoms with Crippen molar-refractivity contribution in [2.45, 2.75) is 32.9 Å². The van der Waals surface area contributed by atoms with Gasteiger partial charge in [0.05, 0.1) is 18.8 Å². The second kappa shape index (κ2) is 5.94. The zero-order chi connectivity index (χ0) is 10.4. The van der Waals surface area contributed by atoms with E-state index in [2.05, 4.69) is 0 Å². The van der Waals surface area contributed by atoms with Crippen LogP contribution in [0.5, 0.6) is 0 Å². The summed E-state index contributed by atoms with van der Waals surface area (Å²) in [5.74, 6) is -0.102.